The lowest BCUT2D eigenvalue weighted by Crippen LogP contribution is -2.22. The van der Waals surface area contributed by atoms with Crippen LogP contribution in [-0.4, -0.2) is 44.3 Å². The predicted octanol–water partition coefficient (Wildman–Crippen LogP) is 5.10. The molecule has 2 aromatic carbocycles. The van der Waals surface area contributed by atoms with Gasteiger partial charge in [0.2, 0.25) is 5.16 Å². The van der Waals surface area contributed by atoms with Crippen molar-refractivity contribution in [3.8, 4) is 11.4 Å². The number of carboxylic acid groups (broad SMARTS) is 1. The van der Waals surface area contributed by atoms with E-state index in [1.807, 2.05) is 18.7 Å². The summed E-state index contributed by atoms with van der Waals surface area (Å²) in [5.41, 5.74) is 1.76. The summed E-state index contributed by atoms with van der Waals surface area (Å²) in [4.78, 5) is 29.0. The van der Waals surface area contributed by atoms with E-state index in [-0.39, 0.29) is 15.7 Å². The van der Waals surface area contributed by atoms with Crippen LogP contribution < -0.4 is 4.90 Å². The van der Waals surface area contributed by atoms with Crippen LogP contribution in [0, 0.1) is 10.1 Å². The number of non-ortho nitro benzene ring substituents is 1. The Balaban J connectivity index is 1.97. The summed E-state index contributed by atoms with van der Waals surface area (Å²) >= 11 is 6.76. The highest BCUT2D eigenvalue weighted by Crippen LogP contribution is 2.32. The fraction of sp³-hybridized carbons (Fsp3) is 0.190. The number of nitrogens with one attached hydrogen (secondary N) is 1. The maximum atomic E-state index is 11.9. The molecule has 0 spiro atoms. The zero-order chi connectivity index (χ0) is 23.3. The topological polar surface area (TPSA) is 125 Å². The van der Waals surface area contributed by atoms with Crippen molar-refractivity contribution in [3.63, 3.8) is 0 Å². The zero-order valence-electron chi connectivity index (χ0n) is 17.3. The summed E-state index contributed by atoms with van der Waals surface area (Å²) in [5, 5.41) is 28.7. The molecule has 0 amide bonds. The van der Waals surface area contributed by atoms with Gasteiger partial charge in [-0.25, -0.2) is 9.78 Å². The van der Waals surface area contributed by atoms with Crippen LogP contribution in [0.25, 0.3) is 17.5 Å². The Hall–Kier alpha value is -3.37. The SMILES string of the molecule is CCN(CC)c1ccc([N+](=O)[O-])cc1/C=C(/Sc1n[nH]c(-c2ccc(Cl)cc2)n1)C(=O)O. The van der Waals surface area contributed by atoms with Crippen LogP contribution in [0.3, 0.4) is 0 Å². The van der Waals surface area contributed by atoms with E-state index in [4.69, 9.17) is 11.6 Å². The Labute approximate surface area is 193 Å². The second kappa shape index (κ2) is 10.3. The third-order valence-corrected chi connectivity index (χ3v) is 5.74. The number of carboxylic acids is 1. The van der Waals surface area contributed by atoms with Gasteiger partial charge in [0.05, 0.1) is 4.92 Å². The lowest BCUT2D eigenvalue weighted by Gasteiger charge is -2.23. The molecule has 0 aliphatic heterocycles. The number of benzene rings is 2. The number of thioether (sulfide) groups is 1. The van der Waals surface area contributed by atoms with Crippen LogP contribution in [-0.2, 0) is 4.79 Å². The summed E-state index contributed by atoms with van der Waals surface area (Å²) in [6, 6.07) is 11.4. The number of anilines is 1. The summed E-state index contributed by atoms with van der Waals surface area (Å²) in [7, 11) is 0. The molecule has 32 heavy (non-hydrogen) atoms. The molecule has 0 atom stereocenters. The van der Waals surface area contributed by atoms with E-state index < -0.39 is 10.9 Å². The molecule has 0 unspecified atom stereocenters. The fourth-order valence-corrected chi connectivity index (χ4v) is 3.85. The minimum atomic E-state index is -1.19. The lowest BCUT2D eigenvalue weighted by atomic mass is 10.1. The van der Waals surface area contributed by atoms with E-state index in [0.717, 1.165) is 17.3 Å². The number of nitro groups is 1. The van der Waals surface area contributed by atoms with Crippen molar-refractivity contribution in [1.29, 1.82) is 0 Å². The van der Waals surface area contributed by atoms with Crippen molar-refractivity contribution in [3.05, 3.63) is 68.1 Å². The number of aromatic amines is 1. The highest BCUT2D eigenvalue weighted by atomic mass is 35.5. The third kappa shape index (κ3) is 5.45. The molecule has 3 aromatic rings. The second-order valence-electron chi connectivity index (χ2n) is 6.56. The van der Waals surface area contributed by atoms with Crippen molar-refractivity contribution < 1.29 is 14.8 Å². The number of hydrogen-bond acceptors (Lipinski definition) is 7. The van der Waals surface area contributed by atoms with Gasteiger partial charge in [-0.05, 0) is 62.0 Å². The van der Waals surface area contributed by atoms with Gasteiger partial charge in [-0.1, -0.05) is 11.6 Å². The highest BCUT2D eigenvalue weighted by molar-refractivity contribution is 8.04. The molecule has 166 valence electrons. The minimum absolute atomic E-state index is 0.0689. The number of halogens is 1. The van der Waals surface area contributed by atoms with Crippen LogP contribution in [0.4, 0.5) is 11.4 Å². The Bertz CT molecular complexity index is 1160. The summed E-state index contributed by atoms with van der Waals surface area (Å²) < 4.78 is 0. The summed E-state index contributed by atoms with van der Waals surface area (Å²) in [6.45, 7) is 5.24. The van der Waals surface area contributed by atoms with Gasteiger partial charge in [-0.15, -0.1) is 5.10 Å². The van der Waals surface area contributed by atoms with Crippen molar-refractivity contribution in [2.24, 2.45) is 0 Å². The van der Waals surface area contributed by atoms with Gasteiger partial charge in [0, 0.05) is 47.1 Å². The third-order valence-electron chi connectivity index (χ3n) is 4.61. The first-order valence-electron chi connectivity index (χ1n) is 9.67. The van der Waals surface area contributed by atoms with E-state index in [9.17, 15) is 20.0 Å². The normalized spacial score (nSPS) is 11.4. The average Bonchev–Trinajstić information content (AvgIpc) is 3.23. The van der Waals surface area contributed by atoms with E-state index in [0.29, 0.717) is 35.2 Å². The Morgan fingerprint density at radius 1 is 1.25 bits per heavy atom. The number of aliphatic carboxylic acids is 1. The molecular weight excluding hydrogens is 454 g/mol. The van der Waals surface area contributed by atoms with Gasteiger partial charge in [0.25, 0.3) is 5.69 Å². The number of aromatic nitrogens is 3. The quantitative estimate of drug-likeness (QED) is 0.190. The van der Waals surface area contributed by atoms with E-state index in [2.05, 4.69) is 15.2 Å². The Kier molecular flexibility index (Phi) is 7.49. The second-order valence-corrected chi connectivity index (χ2v) is 8.01. The molecule has 9 nitrogen and oxygen atoms in total. The molecule has 0 aliphatic rings. The summed E-state index contributed by atoms with van der Waals surface area (Å²) in [6.07, 6.45) is 1.41. The minimum Gasteiger partial charge on any atom is -0.477 e. The highest BCUT2D eigenvalue weighted by Gasteiger charge is 2.18. The van der Waals surface area contributed by atoms with Crippen LogP contribution >= 0.6 is 23.4 Å². The standard InChI is InChI=1S/C21H20ClN5O4S/c1-3-26(4-2)17-10-9-16(27(30)31)11-14(17)12-18(20(28)29)32-21-23-19(24-25-21)13-5-7-15(22)8-6-13/h5-12H,3-4H2,1-2H3,(H,28,29)(H,23,24,25)/b18-12+. The van der Waals surface area contributed by atoms with Crippen molar-refractivity contribution >= 4 is 46.8 Å². The van der Waals surface area contributed by atoms with Gasteiger partial charge in [0.15, 0.2) is 5.82 Å². The molecule has 11 heteroatoms. The molecule has 0 bridgehead atoms. The largest absolute Gasteiger partial charge is 0.477 e. The Morgan fingerprint density at radius 2 is 1.94 bits per heavy atom. The van der Waals surface area contributed by atoms with Gasteiger partial charge >= 0.3 is 5.97 Å². The first-order chi connectivity index (χ1) is 15.3. The predicted molar refractivity (Wildman–Crippen MR) is 125 cm³/mol. The van der Waals surface area contributed by atoms with E-state index in [1.165, 1.54) is 18.2 Å². The van der Waals surface area contributed by atoms with Crippen molar-refractivity contribution in [2.45, 2.75) is 19.0 Å². The molecule has 0 fully saturated rings. The molecule has 1 aromatic heterocycles. The molecule has 0 aliphatic carbocycles. The molecule has 3 rings (SSSR count). The van der Waals surface area contributed by atoms with Crippen molar-refractivity contribution in [1.82, 2.24) is 15.2 Å². The zero-order valence-corrected chi connectivity index (χ0v) is 18.9. The van der Waals surface area contributed by atoms with E-state index >= 15 is 0 Å². The number of nitro benzene ring substituents is 1. The van der Waals surface area contributed by atoms with Gasteiger partial charge in [-0.3, -0.25) is 15.2 Å². The number of hydrogen-bond donors (Lipinski definition) is 2. The smallest absolute Gasteiger partial charge is 0.342 e. The molecule has 0 saturated carbocycles. The summed E-state index contributed by atoms with van der Waals surface area (Å²) in [5.74, 6) is -0.724. The molecule has 1 heterocycles. The first kappa shape index (κ1) is 23.3. The maximum absolute atomic E-state index is 11.9. The van der Waals surface area contributed by atoms with Crippen LogP contribution in [0.2, 0.25) is 5.02 Å². The fourth-order valence-electron chi connectivity index (χ4n) is 3.03. The number of carbonyl (C=O) groups is 1. The molecule has 0 saturated heterocycles. The average molecular weight is 474 g/mol. The maximum Gasteiger partial charge on any atom is 0.342 e. The van der Waals surface area contributed by atoms with Crippen LogP contribution in [0.5, 0.6) is 0 Å². The first-order valence-corrected chi connectivity index (χ1v) is 10.9. The van der Waals surface area contributed by atoms with Crippen LogP contribution in [0.15, 0.2) is 52.5 Å². The molecule has 0 radical (unpaired) electrons. The monoisotopic (exact) mass is 473 g/mol. The molecular formula is C21H20ClN5O4S. The molecule has 2 N–H and O–H groups in total. The van der Waals surface area contributed by atoms with E-state index in [1.54, 1.807) is 30.3 Å². The van der Waals surface area contributed by atoms with Gasteiger partial charge in [0.1, 0.15) is 4.91 Å². The Morgan fingerprint density at radius 3 is 2.53 bits per heavy atom. The van der Waals surface area contributed by atoms with Crippen LogP contribution in [0.1, 0.15) is 19.4 Å². The number of H-pyrrole nitrogens is 1. The number of rotatable bonds is 9. The van der Waals surface area contributed by atoms with Crippen molar-refractivity contribution in [2.75, 3.05) is 18.0 Å². The lowest BCUT2D eigenvalue weighted by molar-refractivity contribution is -0.384. The number of nitrogens with zero attached hydrogens (tertiary/aromatic N) is 4. The van der Waals surface area contributed by atoms with Gasteiger partial charge in [-0.2, -0.15) is 0 Å². The van der Waals surface area contributed by atoms with Gasteiger partial charge < -0.3 is 10.0 Å².